The summed E-state index contributed by atoms with van der Waals surface area (Å²) in [5.41, 5.74) is 9.02. The molecule has 18 heavy (non-hydrogen) atoms. The lowest BCUT2D eigenvalue weighted by atomic mass is 10.0. The first kappa shape index (κ1) is 13.0. The molecule has 98 valence electrons. The summed E-state index contributed by atoms with van der Waals surface area (Å²) in [5, 5.41) is 0. The fourth-order valence-electron chi connectivity index (χ4n) is 2.48. The Morgan fingerprint density at radius 3 is 2.89 bits per heavy atom. The van der Waals surface area contributed by atoms with Gasteiger partial charge in [-0.2, -0.15) is 0 Å². The van der Waals surface area contributed by atoms with E-state index in [0.29, 0.717) is 18.4 Å². The quantitative estimate of drug-likeness (QED) is 0.788. The topological polar surface area (TPSA) is 56.0 Å². The molecule has 0 bridgehead atoms. The van der Waals surface area contributed by atoms with E-state index in [4.69, 9.17) is 5.73 Å². The summed E-state index contributed by atoms with van der Waals surface area (Å²) in [7, 11) is 0. The number of carbonyl (C=O) groups is 1. The molecule has 0 aliphatic heterocycles. The van der Waals surface area contributed by atoms with Crippen LogP contribution in [0, 0.1) is 0 Å². The third-order valence-electron chi connectivity index (χ3n) is 3.44. The van der Waals surface area contributed by atoms with Crippen LogP contribution in [0.25, 0.3) is 0 Å². The van der Waals surface area contributed by atoms with E-state index in [1.165, 1.54) is 0 Å². The number of hydrogen-bond donors (Lipinski definition) is 1. The van der Waals surface area contributed by atoms with E-state index in [9.17, 15) is 9.18 Å². The van der Waals surface area contributed by atoms with Crippen molar-refractivity contribution in [3.05, 3.63) is 28.6 Å². The lowest BCUT2D eigenvalue weighted by Gasteiger charge is -2.09. The van der Waals surface area contributed by atoms with Crippen LogP contribution in [-0.2, 0) is 19.3 Å². The summed E-state index contributed by atoms with van der Waals surface area (Å²) >= 11 is 0. The number of fused-ring (bicyclic) bond motifs is 1. The molecule has 0 saturated carbocycles. The Bertz CT molecular complexity index is 446. The molecule has 0 aromatic carbocycles. The Kier molecular flexibility index (Phi) is 4.28. The van der Waals surface area contributed by atoms with Crippen molar-refractivity contribution in [1.82, 2.24) is 4.98 Å². The molecule has 2 N–H and O–H groups in total. The van der Waals surface area contributed by atoms with Crippen LogP contribution in [0.15, 0.2) is 6.07 Å². The standard InChI is InChI=1S/C14H19FN2O/c15-8-3-1-2-6-13-11(14(16)18)9-10-5-4-7-12(10)17-13/h9H,1-8H2,(H2,16,18). The molecule has 3 nitrogen and oxygen atoms in total. The SMILES string of the molecule is NC(=O)c1cc2c(nc1CCCCCF)CCC2. The molecule has 1 amide bonds. The minimum atomic E-state index is -0.405. The second-order valence-corrected chi connectivity index (χ2v) is 4.81. The van der Waals surface area contributed by atoms with Crippen LogP contribution in [0.4, 0.5) is 4.39 Å². The van der Waals surface area contributed by atoms with Gasteiger partial charge in [-0.3, -0.25) is 14.2 Å². The van der Waals surface area contributed by atoms with Gasteiger partial charge < -0.3 is 5.73 Å². The van der Waals surface area contributed by atoms with Crippen molar-refractivity contribution < 1.29 is 9.18 Å². The molecule has 1 heterocycles. The smallest absolute Gasteiger partial charge is 0.250 e. The van der Waals surface area contributed by atoms with Gasteiger partial charge in [-0.05, 0) is 50.2 Å². The average Bonchev–Trinajstić information content (AvgIpc) is 2.80. The van der Waals surface area contributed by atoms with Gasteiger partial charge in [-0.1, -0.05) is 6.42 Å². The monoisotopic (exact) mass is 250 g/mol. The van der Waals surface area contributed by atoms with Crippen molar-refractivity contribution in [2.45, 2.75) is 44.9 Å². The second kappa shape index (κ2) is 5.94. The highest BCUT2D eigenvalue weighted by Crippen LogP contribution is 2.23. The highest BCUT2D eigenvalue weighted by Gasteiger charge is 2.18. The maximum absolute atomic E-state index is 12.0. The Labute approximate surface area is 107 Å². The average molecular weight is 250 g/mol. The van der Waals surface area contributed by atoms with Gasteiger partial charge in [0.25, 0.3) is 5.91 Å². The summed E-state index contributed by atoms with van der Waals surface area (Å²) in [6.07, 6.45) is 6.06. The van der Waals surface area contributed by atoms with Crippen LogP contribution in [0.3, 0.4) is 0 Å². The zero-order chi connectivity index (χ0) is 13.0. The van der Waals surface area contributed by atoms with Gasteiger partial charge in [0.1, 0.15) is 0 Å². The van der Waals surface area contributed by atoms with E-state index < -0.39 is 5.91 Å². The van der Waals surface area contributed by atoms with E-state index in [2.05, 4.69) is 4.98 Å². The lowest BCUT2D eigenvalue weighted by molar-refractivity contribution is 0.0999. The summed E-state index contributed by atoms with van der Waals surface area (Å²) in [4.78, 5) is 16.0. The fourth-order valence-corrected chi connectivity index (χ4v) is 2.48. The number of unbranched alkanes of at least 4 members (excludes halogenated alkanes) is 2. The third kappa shape index (κ3) is 2.86. The molecule has 1 aliphatic rings. The van der Waals surface area contributed by atoms with E-state index >= 15 is 0 Å². The van der Waals surface area contributed by atoms with Crippen LogP contribution in [-0.4, -0.2) is 17.6 Å². The Morgan fingerprint density at radius 1 is 1.33 bits per heavy atom. The molecule has 1 aromatic rings. The molecular formula is C14H19FN2O. The molecule has 1 aliphatic carbocycles. The number of primary amides is 1. The number of aryl methyl sites for hydroxylation is 3. The Morgan fingerprint density at radius 2 is 2.17 bits per heavy atom. The first-order valence-electron chi connectivity index (χ1n) is 6.60. The van der Waals surface area contributed by atoms with E-state index in [1.54, 1.807) is 0 Å². The fraction of sp³-hybridized carbons (Fsp3) is 0.571. The predicted octanol–water partition coefficient (Wildman–Crippen LogP) is 2.35. The van der Waals surface area contributed by atoms with Gasteiger partial charge >= 0.3 is 0 Å². The number of carbonyl (C=O) groups excluding carboxylic acids is 1. The number of amides is 1. The molecule has 4 heteroatoms. The van der Waals surface area contributed by atoms with Crippen LogP contribution in [0.2, 0.25) is 0 Å². The molecule has 0 atom stereocenters. The van der Waals surface area contributed by atoms with Gasteiger partial charge in [0.2, 0.25) is 0 Å². The maximum Gasteiger partial charge on any atom is 0.250 e. The van der Waals surface area contributed by atoms with E-state index in [-0.39, 0.29) is 6.67 Å². The zero-order valence-electron chi connectivity index (χ0n) is 10.5. The van der Waals surface area contributed by atoms with Gasteiger partial charge in [0.05, 0.1) is 17.9 Å². The van der Waals surface area contributed by atoms with Crippen LogP contribution < -0.4 is 5.73 Å². The first-order chi connectivity index (χ1) is 8.72. The largest absolute Gasteiger partial charge is 0.366 e. The van der Waals surface area contributed by atoms with Gasteiger partial charge in [-0.25, -0.2) is 0 Å². The Hall–Kier alpha value is -1.45. The summed E-state index contributed by atoms with van der Waals surface area (Å²) < 4.78 is 12.0. The molecule has 0 saturated heterocycles. The molecule has 0 radical (unpaired) electrons. The lowest BCUT2D eigenvalue weighted by Crippen LogP contribution is -2.16. The molecular weight excluding hydrogens is 231 g/mol. The first-order valence-corrected chi connectivity index (χ1v) is 6.60. The van der Waals surface area contributed by atoms with Gasteiger partial charge in [0.15, 0.2) is 0 Å². The van der Waals surface area contributed by atoms with Crippen LogP contribution in [0.1, 0.15) is 53.0 Å². The zero-order valence-corrected chi connectivity index (χ0v) is 10.5. The predicted molar refractivity (Wildman–Crippen MR) is 68.3 cm³/mol. The van der Waals surface area contributed by atoms with Crippen molar-refractivity contribution >= 4 is 5.91 Å². The number of rotatable bonds is 6. The number of aromatic nitrogens is 1. The summed E-state index contributed by atoms with van der Waals surface area (Å²) in [6, 6.07) is 1.90. The summed E-state index contributed by atoms with van der Waals surface area (Å²) in [5.74, 6) is -0.405. The molecule has 0 spiro atoms. The number of alkyl halides is 1. The van der Waals surface area contributed by atoms with Gasteiger partial charge in [0, 0.05) is 5.69 Å². The molecule has 0 fully saturated rings. The number of hydrogen-bond acceptors (Lipinski definition) is 2. The maximum atomic E-state index is 12.0. The van der Waals surface area contributed by atoms with E-state index in [1.807, 2.05) is 6.07 Å². The molecule has 0 unspecified atom stereocenters. The second-order valence-electron chi connectivity index (χ2n) is 4.81. The van der Waals surface area contributed by atoms with Crippen molar-refractivity contribution in [1.29, 1.82) is 0 Å². The third-order valence-corrected chi connectivity index (χ3v) is 3.44. The summed E-state index contributed by atoms with van der Waals surface area (Å²) in [6.45, 7) is -0.277. The number of nitrogens with two attached hydrogens (primary N) is 1. The highest BCUT2D eigenvalue weighted by atomic mass is 19.1. The number of pyridine rings is 1. The molecule has 2 rings (SSSR count). The highest BCUT2D eigenvalue weighted by molar-refractivity contribution is 5.94. The van der Waals surface area contributed by atoms with Crippen LogP contribution >= 0.6 is 0 Å². The minimum absolute atomic E-state index is 0.277. The van der Waals surface area contributed by atoms with Crippen molar-refractivity contribution in [3.63, 3.8) is 0 Å². The van der Waals surface area contributed by atoms with Crippen molar-refractivity contribution in [2.24, 2.45) is 5.73 Å². The normalized spacial score (nSPS) is 13.6. The molecule has 1 aromatic heterocycles. The van der Waals surface area contributed by atoms with Gasteiger partial charge in [-0.15, -0.1) is 0 Å². The van der Waals surface area contributed by atoms with Crippen molar-refractivity contribution in [2.75, 3.05) is 6.67 Å². The minimum Gasteiger partial charge on any atom is -0.366 e. The van der Waals surface area contributed by atoms with E-state index in [0.717, 1.165) is 49.1 Å². The number of nitrogens with zero attached hydrogens (tertiary/aromatic N) is 1. The Balaban J connectivity index is 2.14. The number of halogens is 1. The van der Waals surface area contributed by atoms with Crippen molar-refractivity contribution in [3.8, 4) is 0 Å². The van der Waals surface area contributed by atoms with Crippen LogP contribution in [0.5, 0.6) is 0 Å².